The fourth-order valence-corrected chi connectivity index (χ4v) is 6.73. The number of carbonyl (C=O) groups excluding carboxylic acids is 2. The van der Waals surface area contributed by atoms with E-state index < -0.39 is 11.8 Å². The van der Waals surface area contributed by atoms with Crippen molar-refractivity contribution in [2.75, 3.05) is 6.54 Å². The normalized spacial score (nSPS) is 16.6. The first-order valence-corrected chi connectivity index (χ1v) is 17.8. The van der Waals surface area contributed by atoms with Gasteiger partial charge in [-0.05, 0) is 147 Å². The maximum absolute atomic E-state index is 12.9. The van der Waals surface area contributed by atoms with Gasteiger partial charge in [0.2, 0.25) is 0 Å². The number of benzene rings is 4. The van der Waals surface area contributed by atoms with Crippen LogP contribution in [-0.2, 0) is 28.9 Å². The van der Waals surface area contributed by atoms with Crippen molar-refractivity contribution in [3.8, 4) is 34.5 Å². The molecule has 6 N–H and O–H groups in total. The number of halogens is 4. The Kier molecular flexibility index (Phi) is 12.2. The molecule has 0 unspecified atom stereocenters. The molecule has 0 atom stereocenters. The summed E-state index contributed by atoms with van der Waals surface area (Å²) in [5, 5.41) is 52.4. The molecule has 0 aliphatic carbocycles. The lowest BCUT2D eigenvalue weighted by molar-refractivity contribution is -0.115. The largest absolute Gasteiger partial charge is 0.503 e. The van der Waals surface area contributed by atoms with Crippen LogP contribution in [0.3, 0.4) is 0 Å². The van der Waals surface area contributed by atoms with Gasteiger partial charge in [-0.15, -0.1) is 0 Å². The average Bonchev–Trinajstić information content (AvgIpc) is 3.08. The topological polar surface area (TPSA) is 182 Å². The summed E-state index contributed by atoms with van der Waals surface area (Å²) in [6.45, 7) is 0.190. The van der Waals surface area contributed by atoms with Crippen LogP contribution in [0.5, 0.6) is 34.5 Å². The second kappa shape index (κ2) is 16.6. The first-order chi connectivity index (χ1) is 23.9. The summed E-state index contributed by atoms with van der Waals surface area (Å²) in [6.07, 6.45) is 3.26. The van der Waals surface area contributed by atoms with Crippen LogP contribution in [0.1, 0.15) is 22.3 Å². The number of phenolic OH excluding ortho intramolecular Hbond substituents is 2. The SMILES string of the molecule is O=C1N/C=C/c2ccc(c(Br)c2)Oc2cc(cc(Br)c2O)CCNC(=O)/C(=N/O)Cc2ccc(c(Br)c2)Oc2cc(cc(Br)c2O)C/C1=N\O. The number of hydrogen-bond acceptors (Lipinski definition) is 10. The van der Waals surface area contributed by atoms with E-state index in [4.69, 9.17) is 9.47 Å². The second-order valence-electron chi connectivity index (χ2n) is 10.8. The highest BCUT2D eigenvalue weighted by atomic mass is 79.9. The van der Waals surface area contributed by atoms with Crippen LogP contribution in [0.2, 0.25) is 0 Å². The first kappa shape index (κ1) is 36.9. The lowest BCUT2D eigenvalue weighted by Crippen LogP contribution is -2.33. The van der Waals surface area contributed by atoms with Crippen molar-refractivity contribution in [2.24, 2.45) is 10.3 Å². The quantitative estimate of drug-likeness (QED) is 0.0759. The van der Waals surface area contributed by atoms with E-state index in [9.17, 15) is 30.2 Å². The number of oxime groups is 2. The summed E-state index contributed by atoms with van der Waals surface area (Å²) in [7, 11) is 0. The molecule has 4 aromatic carbocycles. The van der Waals surface area contributed by atoms with E-state index >= 15 is 0 Å². The van der Waals surface area contributed by atoms with Gasteiger partial charge >= 0.3 is 0 Å². The first-order valence-electron chi connectivity index (χ1n) is 14.6. The van der Waals surface area contributed by atoms with E-state index in [2.05, 4.69) is 84.7 Å². The number of rotatable bonds is 0. The number of ether oxygens (including phenoxy) is 2. The van der Waals surface area contributed by atoms with E-state index in [-0.39, 0.29) is 58.3 Å². The van der Waals surface area contributed by atoms with Crippen LogP contribution in [0, 0.1) is 0 Å². The molecule has 0 saturated heterocycles. The molecule has 8 rings (SSSR count). The number of nitrogens with one attached hydrogen (secondary N) is 2. The smallest absolute Gasteiger partial charge is 0.273 e. The van der Waals surface area contributed by atoms with Crippen LogP contribution < -0.4 is 20.1 Å². The molecular formula is C34H26Br4N4O8. The van der Waals surface area contributed by atoms with Gasteiger partial charge in [0.1, 0.15) is 22.9 Å². The van der Waals surface area contributed by atoms with Gasteiger partial charge in [0.05, 0.1) is 17.9 Å². The third kappa shape index (κ3) is 9.04. The van der Waals surface area contributed by atoms with Crippen LogP contribution in [0.4, 0.5) is 0 Å². The molecule has 258 valence electrons. The monoisotopic (exact) mass is 934 g/mol. The van der Waals surface area contributed by atoms with E-state index in [1.165, 1.54) is 12.3 Å². The van der Waals surface area contributed by atoms with Crippen molar-refractivity contribution >= 4 is 93.0 Å². The van der Waals surface area contributed by atoms with Crippen molar-refractivity contribution in [3.63, 3.8) is 0 Å². The van der Waals surface area contributed by atoms with Gasteiger partial charge in [-0.2, -0.15) is 0 Å². The van der Waals surface area contributed by atoms with Crippen molar-refractivity contribution in [3.05, 3.63) is 107 Å². The number of hydrogen-bond donors (Lipinski definition) is 6. The molecule has 4 aliphatic heterocycles. The molecule has 16 heteroatoms. The predicted octanol–water partition coefficient (Wildman–Crippen LogP) is 7.94. The van der Waals surface area contributed by atoms with Gasteiger partial charge in [-0.3, -0.25) is 9.59 Å². The zero-order valence-corrected chi connectivity index (χ0v) is 31.9. The molecule has 4 heterocycles. The average molecular weight is 938 g/mol. The number of aromatic hydroxyl groups is 2. The Balaban J connectivity index is 1.48. The molecule has 0 aromatic heterocycles. The molecule has 0 radical (unpaired) electrons. The number of carbonyl (C=O) groups is 2. The van der Waals surface area contributed by atoms with Gasteiger partial charge in [0, 0.05) is 25.6 Å². The molecule has 8 bridgehead atoms. The van der Waals surface area contributed by atoms with E-state index in [1.807, 2.05) is 0 Å². The van der Waals surface area contributed by atoms with Gasteiger partial charge in [0.25, 0.3) is 11.8 Å². The summed E-state index contributed by atoms with van der Waals surface area (Å²) < 4.78 is 13.7. The number of nitrogens with zero attached hydrogens (tertiary/aromatic N) is 2. The molecular weight excluding hydrogens is 912 g/mol. The highest BCUT2D eigenvalue weighted by molar-refractivity contribution is 9.11. The number of amides is 2. The minimum absolute atomic E-state index is 0.00949. The van der Waals surface area contributed by atoms with Crippen molar-refractivity contribution in [2.45, 2.75) is 19.3 Å². The summed E-state index contributed by atoms with van der Waals surface area (Å²) in [4.78, 5) is 25.8. The summed E-state index contributed by atoms with van der Waals surface area (Å²) in [6, 6.07) is 16.5. The molecule has 0 fully saturated rings. The maximum atomic E-state index is 12.9. The third-order valence-corrected chi connectivity index (χ3v) is 9.72. The molecule has 0 saturated carbocycles. The van der Waals surface area contributed by atoms with Gasteiger partial charge in [0.15, 0.2) is 23.0 Å². The Morgan fingerprint density at radius 2 is 1.16 bits per heavy atom. The fourth-order valence-electron chi connectivity index (χ4n) is 4.76. The van der Waals surface area contributed by atoms with Gasteiger partial charge < -0.3 is 40.7 Å². The summed E-state index contributed by atoms with van der Waals surface area (Å²) >= 11 is 13.6. The summed E-state index contributed by atoms with van der Waals surface area (Å²) in [5.41, 5.74) is 2.19. The third-order valence-electron chi connectivity index (χ3n) is 7.27. The Labute approximate surface area is 319 Å². The maximum Gasteiger partial charge on any atom is 0.273 e. The minimum atomic E-state index is -0.665. The molecule has 2 amide bonds. The molecule has 0 spiro atoms. The predicted molar refractivity (Wildman–Crippen MR) is 200 cm³/mol. The lowest BCUT2D eigenvalue weighted by Gasteiger charge is -2.14. The van der Waals surface area contributed by atoms with Gasteiger partial charge in [-0.25, -0.2) is 0 Å². The van der Waals surface area contributed by atoms with Crippen molar-refractivity contribution in [1.82, 2.24) is 10.6 Å². The molecule has 4 aliphatic rings. The Morgan fingerprint density at radius 1 is 0.620 bits per heavy atom. The lowest BCUT2D eigenvalue weighted by atomic mass is 10.1. The second-order valence-corrected chi connectivity index (χ2v) is 14.2. The molecule has 50 heavy (non-hydrogen) atoms. The minimum Gasteiger partial charge on any atom is -0.503 e. The zero-order chi connectivity index (χ0) is 35.9. The van der Waals surface area contributed by atoms with E-state index in [1.54, 1.807) is 60.7 Å². The van der Waals surface area contributed by atoms with Crippen molar-refractivity contribution < 1.29 is 39.7 Å². The highest BCUT2D eigenvalue weighted by Gasteiger charge is 2.19. The molecule has 12 nitrogen and oxygen atoms in total. The standard InChI is InChI=1S/C34H26Br4N4O8/c35-21-9-17-1-3-27(21)49-29-15-19(11-23(37)31(29)43)6-8-40-33(45)25(41-47)13-18-2-4-28(22(36)10-18)50-30-16-20(12-24(38)32(30)44)14-26(42-48)34(46)39-7-5-17/h1-5,7,9-12,15-16,43-44,47-48H,6,8,13-14H2,(H,39,46)(H,40,45)/b7-5+,41-25+,42-26+. The Hall–Kier alpha value is -4.38. The molecule has 4 aromatic rings. The Morgan fingerprint density at radius 3 is 1.78 bits per heavy atom. The zero-order valence-electron chi connectivity index (χ0n) is 25.6. The number of phenols is 2. The fraction of sp³-hybridized carbons (Fsp3) is 0.118. The van der Waals surface area contributed by atoms with E-state index in [0.717, 1.165) is 5.56 Å². The highest BCUT2D eigenvalue weighted by Crippen LogP contribution is 2.42. The van der Waals surface area contributed by atoms with Crippen LogP contribution in [0.15, 0.2) is 95.1 Å². The van der Waals surface area contributed by atoms with E-state index in [0.29, 0.717) is 48.0 Å². The Bertz CT molecular complexity index is 2070. The van der Waals surface area contributed by atoms with Crippen molar-refractivity contribution in [1.29, 1.82) is 0 Å². The van der Waals surface area contributed by atoms with Gasteiger partial charge in [-0.1, -0.05) is 22.4 Å². The summed E-state index contributed by atoms with van der Waals surface area (Å²) in [5.74, 6) is -0.629. The van der Waals surface area contributed by atoms with Crippen LogP contribution in [-0.4, -0.2) is 50.4 Å². The van der Waals surface area contributed by atoms with Crippen LogP contribution >= 0.6 is 63.7 Å². The van der Waals surface area contributed by atoms with Crippen LogP contribution in [0.25, 0.3) is 6.08 Å².